The van der Waals surface area contributed by atoms with Crippen molar-refractivity contribution in [2.45, 2.75) is 26.7 Å². The minimum atomic E-state index is -0.298. The van der Waals surface area contributed by atoms with Crippen molar-refractivity contribution in [3.8, 4) is 0 Å². The van der Waals surface area contributed by atoms with Crippen molar-refractivity contribution in [2.24, 2.45) is 0 Å². The molecule has 2 N–H and O–H groups in total. The Hall–Kier alpha value is -3.02. The van der Waals surface area contributed by atoms with E-state index in [0.29, 0.717) is 29.3 Å². The van der Waals surface area contributed by atoms with Gasteiger partial charge in [0.2, 0.25) is 5.91 Å². The number of anilines is 1. The average Bonchev–Trinajstić information content (AvgIpc) is 2.98. The summed E-state index contributed by atoms with van der Waals surface area (Å²) in [5.74, 6) is 0.602. The summed E-state index contributed by atoms with van der Waals surface area (Å²) < 4.78 is 13.3. The molecule has 2 aromatic carbocycles. The van der Waals surface area contributed by atoms with E-state index in [1.54, 1.807) is 13.0 Å². The Balaban J connectivity index is 1.60. The highest BCUT2D eigenvalue weighted by Crippen LogP contribution is 2.14. The van der Waals surface area contributed by atoms with Gasteiger partial charge >= 0.3 is 0 Å². The van der Waals surface area contributed by atoms with Gasteiger partial charge in [0.05, 0.1) is 6.42 Å². The number of nitrogens with zero attached hydrogens (tertiary/aromatic N) is 2. The maximum atomic E-state index is 13.3. The summed E-state index contributed by atoms with van der Waals surface area (Å²) in [6, 6.07) is 12.6. The Morgan fingerprint density at radius 1 is 1.20 bits per heavy atom. The molecule has 0 bridgehead atoms. The smallest absolute Gasteiger partial charge is 0.232 e. The van der Waals surface area contributed by atoms with E-state index in [-0.39, 0.29) is 18.1 Å². The van der Waals surface area contributed by atoms with E-state index >= 15 is 0 Å². The van der Waals surface area contributed by atoms with Crippen molar-refractivity contribution in [1.82, 2.24) is 15.2 Å². The molecule has 0 saturated heterocycles. The standard InChI is InChI=1S/C19H19FN4O/c1-12-4-3-5-14(8-12)10-17-22-18(24-23-17)11-19(25)21-15-6-7-16(20)13(2)9-15/h3-9H,10-11H2,1-2H3,(H,21,25)(H,22,23,24). The van der Waals surface area contributed by atoms with Crippen LogP contribution in [0.5, 0.6) is 0 Å². The van der Waals surface area contributed by atoms with E-state index in [1.807, 2.05) is 25.1 Å². The molecule has 128 valence electrons. The van der Waals surface area contributed by atoms with Crippen LogP contribution < -0.4 is 5.32 Å². The van der Waals surface area contributed by atoms with E-state index in [0.717, 1.165) is 5.56 Å². The number of rotatable bonds is 5. The number of benzene rings is 2. The molecule has 0 fully saturated rings. The highest BCUT2D eigenvalue weighted by Gasteiger charge is 2.10. The number of aromatic nitrogens is 3. The Labute approximate surface area is 145 Å². The molecule has 5 nitrogen and oxygen atoms in total. The van der Waals surface area contributed by atoms with Gasteiger partial charge in [-0.1, -0.05) is 29.8 Å². The first-order chi connectivity index (χ1) is 12.0. The molecule has 1 amide bonds. The van der Waals surface area contributed by atoms with Gasteiger partial charge in [-0.3, -0.25) is 9.89 Å². The lowest BCUT2D eigenvalue weighted by molar-refractivity contribution is -0.115. The maximum Gasteiger partial charge on any atom is 0.232 e. The van der Waals surface area contributed by atoms with Crippen LogP contribution in [0.15, 0.2) is 42.5 Å². The number of hydrogen-bond acceptors (Lipinski definition) is 3. The van der Waals surface area contributed by atoms with Crippen LogP contribution in [0.25, 0.3) is 0 Å². The van der Waals surface area contributed by atoms with Crippen molar-refractivity contribution in [3.63, 3.8) is 0 Å². The second-order valence-electron chi connectivity index (χ2n) is 6.05. The molecule has 0 aliphatic heterocycles. The van der Waals surface area contributed by atoms with Crippen LogP contribution in [0.2, 0.25) is 0 Å². The fourth-order valence-electron chi connectivity index (χ4n) is 2.58. The molecule has 1 heterocycles. The van der Waals surface area contributed by atoms with Gasteiger partial charge in [0, 0.05) is 12.1 Å². The molecule has 0 aliphatic rings. The summed E-state index contributed by atoms with van der Waals surface area (Å²) in [5.41, 5.74) is 3.36. The third kappa shape index (κ3) is 4.50. The Morgan fingerprint density at radius 3 is 2.80 bits per heavy atom. The molecule has 3 aromatic rings. The number of halogens is 1. The fourth-order valence-corrected chi connectivity index (χ4v) is 2.58. The monoisotopic (exact) mass is 338 g/mol. The minimum Gasteiger partial charge on any atom is -0.326 e. The van der Waals surface area contributed by atoms with Gasteiger partial charge in [0.15, 0.2) is 5.82 Å². The highest BCUT2D eigenvalue weighted by molar-refractivity contribution is 5.91. The number of nitrogens with one attached hydrogen (secondary N) is 2. The normalized spacial score (nSPS) is 10.7. The first-order valence-electron chi connectivity index (χ1n) is 8.01. The van der Waals surface area contributed by atoms with Gasteiger partial charge in [-0.05, 0) is 43.2 Å². The first kappa shape index (κ1) is 16.8. The maximum absolute atomic E-state index is 13.3. The molecule has 0 spiro atoms. The van der Waals surface area contributed by atoms with Crippen molar-refractivity contribution in [3.05, 3.63) is 76.6 Å². The van der Waals surface area contributed by atoms with E-state index in [9.17, 15) is 9.18 Å². The third-order valence-electron chi connectivity index (χ3n) is 3.79. The van der Waals surface area contributed by atoms with Crippen molar-refractivity contribution in [2.75, 3.05) is 5.32 Å². The summed E-state index contributed by atoms with van der Waals surface area (Å²) >= 11 is 0. The largest absolute Gasteiger partial charge is 0.326 e. The van der Waals surface area contributed by atoms with Gasteiger partial charge < -0.3 is 5.32 Å². The quantitative estimate of drug-likeness (QED) is 0.749. The van der Waals surface area contributed by atoms with Crippen LogP contribution >= 0.6 is 0 Å². The number of carbonyl (C=O) groups excluding carboxylic acids is 1. The summed E-state index contributed by atoms with van der Waals surface area (Å²) in [5, 5.41) is 9.69. The summed E-state index contributed by atoms with van der Waals surface area (Å²) in [4.78, 5) is 16.5. The summed E-state index contributed by atoms with van der Waals surface area (Å²) in [7, 11) is 0. The lowest BCUT2D eigenvalue weighted by atomic mass is 10.1. The molecule has 0 saturated carbocycles. The second kappa shape index (κ2) is 7.25. The zero-order chi connectivity index (χ0) is 17.8. The lowest BCUT2D eigenvalue weighted by Crippen LogP contribution is -2.15. The average molecular weight is 338 g/mol. The molecule has 6 heteroatoms. The summed E-state index contributed by atoms with van der Waals surface area (Å²) in [6.07, 6.45) is 0.689. The third-order valence-corrected chi connectivity index (χ3v) is 3.79. The van der Waals surface area contributed by atoms with Crippen molar-refractivity contribution < 1.29 is 9.18 Å². The van der Waals surface area contributed by atoms with Gasteiger partial charge in [-0.2, -0.15) is 5.10 Å². The Bertz CT molecular complexity index is 904. The minimum absolute atomic E-state index is 0.0563. The molecule has 0 atom stereocenters. The van der Waals surface area contributed by atoms with Crippen LogP contribution in [-0.2, 0) is 17.6 Å². The van der Waals surface area contributed by atoms with Crippen molar-refractivity contribution in [1.29, 1.82) is 0 Å². The number of aryl methyl sites for hydroxylation is 2. The molecule has 3 rings (SSSR count). The Kier molecular flexibility index (Phi) is 4.88. The fraction of sp³-hybridized carbons (Fsp3) is 0.211. The number of aromatic amines is 1. The van der Waals surface area contributed by atoms with E-state index in [1.165, 1.54) is 17.7 Å². The van der Waals surface area contributed by atoms with E-state index < -0.39 is 0 Å². The number of H-pyrrole nitrogens is 1. The van der Waals surface area contributed by atoms with Crippen LogP contribution in [0.4, 0.5) is 10.1 Å². The lowest BCUT2D eigenvalue weighted by Gasteiger charge is -2.05. The highest BCUT2D eigenvalue weighted by atomic mass is 19.1. The Morgan fingerprint density at radius 2 is 2.04 bits per heavy atom. The van der Waals surface area contributed by atoms with E-state index in [4.69, 9.17) is 0 Å². The van der Waals surface area contributed by atoms with Crippen LogP contribution in [0, 0.1) is 19.7 Å². The van der Waals surface area contributed by atoms with Gasteiger partial charge in [0.25, 0.3) is 0 Å². The van der Waals surface area contributed by atoms with Gasteiger partial charge in [-0.25, -0.2) is 9.37 Å². The zero-order valence-corrected chi connectivity index (χ0v) is 14.1. The number of hydrogen-bond donors (Lipinski definition) is 2. The molecule has 0 unspecified atom stereocenters. The van der Waals surface area contributed by atoms with Gasteiger partial charge in [-0.15, -0.1) is 0 Å². The van der Waals surface area contributed by atoms with Crippen LogP contribution in [0.1, 0.15) is 28.3 Å². The molecule has 0 aliphatic carbocycles. The van der Waals surface area contributed by atoms with Gasteiger partial charge in [0.1, 0.15) is 11.6 Å². The molecular weight excluding hydrogens is 319 g/mol. The second-order valence-corrected chi connectivity index (χ2v) is 6.05. The molecular formula is C19H19FN4O. The summed E-state index contributed by atoms with van der Waals surface area (Å²) in [6.45, 7) is 3.69. The number of amides is 1. The van der Waals surface area contributed by atoms with E-state index in [2.05, 4.69) is 26.6 Å². The topological polar surface area (TPSA) is 70.7 Å². The molecule has 25 heavy (non-hydrogen) atoms. The molecule has 1 aromatic heterocycles. The predicted octanol–water partition coefficient (Wildman–Crippen LogP) is 3.33. The predicted molar refractivity (Wildman–Crippen MR) is 93.8 cm³/mol. The number of carbonyl (C=O) groups is 1. The van der Waals surface area contributed by atoms with Crippen molar-refractivity contribution >= 4 is 11.6 Å². The SMILES string of the molecule is Cc1cccc(Cc2nc(CC(=O)Nc3ccc(F)c(C)c3)n[nH]2)c1. The van der Waals surface area contributed by atoms with Crippen LogP contribution in [-0.4, -0.2) is 21.1 Å². The molecule has 0 radical (unpaired) electrons. The zero-order valence-electron chi connectivity index (χ0n) is 14.1. The van der Waals surface area contributed by atoms with Crippen LogP contribution in [0.3, 0.4) is 0 Å². The first-order valence-corrected chi connectivity index (χ1v) is 8.01.